The summed E-state index contributed by atoms with van der Waals surface area (Å²) in [6, 6.07) is 9.47. The van der Waals surface area contributed by atoms with Gasteiger partial charge < -0.3 is 9.26 Å². The van der Waals surface area contributed by atoms with E-state index in [2.05, 4.69) is 0 Å². The van der Waals surface area contributed by atoms with E-state index in [-0.39, 0.29) is 6.61 Å². The van der Waals surface area contributed by atoms with Crippen LogP contribution >= 0.6 is 7.37 Å². The Kier molecular flexibility index (Phi) is 7.69. The Labute approximate surface area is 127 Å². The second kappa shape index (κ2) is 9.01. The zero-order chi connectivity index (χ0) is 15.7. The zero-order valence-corrected chi connectivity index (χ0v) is 14.0. The average molecular weight is 312 g/mol. The summed E-state index contributed by atoms with van der Waals surface area (Å²) in [7, 11) is -2.98. The molecule has 0 spiro atoms. The van der Waals surface area contributed by atoms with Gasteiger partial charge in [0.15, 0.2) is 0 Å². The second-order valence-electron chi connectivity index (χ2n) is 4.88. The molecule has 0 radical (unpaired) electrons. The van der Waals surface area contributed by atoms with Crippen LogP contribution < -0.4 is 0 Å². The number of carbonyl (C=O) groups is 1. The summed E-state index contributed by atoms with van der Waals surface area (Å²) in [6.07, 6.45) is 1.60. The van der Waals surface area contributed by atoms with Gasteiger partial charge in [-0.2, -0.15) is 0 Å². The number of esters is 1. The van der Waals surface area contributed by atoms with Crippen LogP contribution in [0.1, 0.15) is 39.2 Å². The number of hydrogen-bond acceptors (Lipinski definition) is 4. The van der Waals surface area contributed by atoms with Crippen molar-refractivity contribution in [3.8, 4) is 0 Å². The average Bonchev–Trinajstić information content (AvgIpc) is 2.47. The zero-order valence-electron chi connectivity index (χ0n) is 13.1. The number of rotatable bonds is 9. The SMILES string of the molecule is CCCP(=O)(OCC)C(CC)C(=O)OCc1ccccc1. The molecule has 0 N–H and O–H groups in total. The summed E-state index contributed by atoms with van der Waals surface area (Å²) in [4.78, 5) is 12.3. The Morgan fingerprint density at radius 2 is 1.86 bits per heavy atom. The largest absolute Gasteiger partial charge is 0.460 e. The van der Waals surface area contributed by atoms with Gasteiger partial charge in [0, 0.05) is 6.16 Å². The fourth-order valence-electron chi connectivity index (χ4n) is 2.27. The summed E-state index contributed by atoms with van der Waals surface area (Å²) in [5.41, 5.74) is 0.253. The number of benzene rings is 1. The van der Waals surface area contributed by atoms with Gasteiger partial charge in [0.1, 0.15) is 12.3 Å². The van der Waals surface area contributed by atoms with Crippen molar-refractivity contribution in [2.24, 2.45) is 0 Å². The molecule has 0 aromatic heterocycles. The lowest BCUT2D eigenvalue weighted by Crippen LogP contribution is -2.25. The quantitative estimate of drug-likeness (QED) is 0.506. The lowest BCUT2D eigenvalue weighted by molar-refractivity contribution is -0.144. The van der Waals surface area contributed by atoms with Gasteiger partial charge in [-0.3, -0.25) is 9.36 Å². The van der Waals surface area contributed by atoms with Crippen LogP contribution in [0.3, 0.4) is 0 Å². The van der Waals surface area contributed by atoms with Crippen LogP contribution in [0.2, 0.25) is 0 Å². The summed E-state index contributed by atoms with van der Waals surface area (Å²) in [5, 5.41) is 0. The van der Waals surface area contributed by atoms with E-state index < -0.39 is 19.0 Å². The summed E-state index contributed by atoms with van der Waals surface area (Å²) < 4.78 is 23.7. The normalized spacial score (nSPS) is 15.2. The fraction of sp³-hybridized carbons (Fsp3) is 0.562. The van der Waals surface area contributed by atoms with E-state index in [9.17, 15) is 9.36 Å². The minimum atomic E-state index is -2.98. The van der Waals surface area contributed by atoms with Gasteiger partial charge in [-0.05, 0) is 25.3 Å². The number of carbonyl (C=O) groups excluding carboxylic acids is 1. The first kappa shape index (κ1) is 17.9. The molecule has 0 saturated carbocycles. The molecule has 0 aliphatic carbocycles. The van der Waals surface area contributed by atoms with Crippen molar-refractivity contribution in [1.29, 1.82) is 0 Å². The van der Waals surface area contributed by atoms with E-state index in [1.807, 2.05) is 44.2 Å². The van der Waals surface area contributed by atoms with Crippen LogP contribution in [-0.4, -0.2) is 24.4 Å². The van der Waals surface area contributed by atoms with Crippen molar-refractivity contribution in [1.82, 2.24) is 0 Å². The molecule has 1 aromatic carbocycles. The molecule has 21 heavy (non-hydrogen) atoms. The highest BCUT2D eigenvalue weighted by atomic mass is 31.2. The third-order valence-corrected chi connectivity index (χ3v) is 6.53. The van der Waals surface area contributed by atoms with Gasteiger partial charge in [0.25, 0.3) is 0 Å². The third kappa shape index (κ3) is 5.29. The predicted molar refractivity (Wildman–Crippen MR) is 84.7 cm³/mol. The van der Waals surface area contributed by atoms with Crippen LogP contribution in [-0.2, 0) is 25.2 Å². The van der Waals surface area contributed by atoms with Gasteiger partial charge in [-0.15, -0.1) is 0 Å². The summed E-state index contributed by atoms with van der Waals surface area (Å²) >= 11 is 0. The molecule has 5 heteroatoms. The van der Waals surface area contributed by atoms with Crippen molar-refractivity contribution >= 4 is 13.3 Å². The molecular weight excluding hydrogens is 287 g/mol. The Hall–Kier alpha value is -1.12. The predicted octanol–water partition coefficient (Wildman–Crippen LogP) is 4.23. The molecule has 2 atom stereocenters. The van der Waals surface area contributed by atoms with Crippen molar-refractivity contribution in [2.45, 2.75) is 45.9 Å². The van der Waals surface area contributed by atoms with E-state index in [4.69, 9.17) is 9.26 Å². The first-order chi connectivity index (χ1) is 10.1. The molecule has 0 bridgehead atoms. The molecule has 2 unspecified atom stereocenters. The maximum absolute atomic E-state index is 12.9. The highest BCUT2D eigenvalue weighted by Crippen LogP contribution is 2.54. The molecule has 4 nitrogen and oxygen atoms in total. The number of ether oxygens (including phenoxy) is 1. The standard InChI is InChI=1S/C16H25O4P/c1-4-12-21(18,20-6-3)15(5-2)16(17)19-13-14-10-8-7-9-11-14/h7-11,15H,4-6,12-13H2,1-3H3. The maximum Gasteiger partial charge on any atom is 0.319 e. The minimum Gasteiger partial charge on any atom is -0.460 e. The lowest BCUT2D eigenvalue weighted by Gasteiger charge is -2.24. The first-order valence-corrected chi connectivity index (χ1v) is 9.39. The monoisotopic (exact) mass is 312 g/mol. The van der Waals surface area contributed by atoms with E-state index in [0.29, 0.717) is 19.2 Å². The number of hydrogen-bond donors (Lipinski definition) is 0. The molecule has 0 heterocycles. The molecule has 0 aliphatic heterocycles. The van der Waals surface area contributed by atoms with Crippen LogP contribution in [0.15, 0.2) is 30.3 Å². The van der Waals surface area contributed by atoms with Crippen LogP contribution in [0, 0.1) is 0 Å². The Morgan fingerprint density at radius 3 is 2.38 bits per heavy atom. The van der Waals surface area contributed by atoms with Crippen LogP contribution in [0.25, 0.3) is 0 Å². The maximum atomic E-state index is 12.9. The van der Waals surface area contributed by atoms with Crippen molar-refractivity contribution in [3.63, 3.8) is 0 Å². The van der Waals surface area contributed by atoms with Gasteiger partial charge in [0.2, 0.25) is 7.37 Å². The Balaban J connectivity index is 2.73. The molecule has 118 valence electrons. The fourth-order valence-corrected chi connectivity index (χ4v) is 4.90. The van der Waals surface area contributed by atoms with E-state index in [1.165, 1.54) is 0 Å². The molecule has 1 rings (SSSR count). The third-order valence-electron chi connectivity index (χ3n) is 3.24. The Bertz CT molecular complexity index is 462. The lowest BCUT2D eigenvalue weighted by atomic mass is 10.2. The molecule has 0 aliphatic rings. The van der Waals surface area contributed by atoms with Crippen molar-refractivity contribution in [3.05, 3.63) is 35.9 Å². The van der Waals surface area contributed by atoms with Crippen molar-refractivity contribution in [2.75, 3.05) is 12.8 Å². The Morgan fingerprint density at radius 1 is 1.19 bits per heavy atom. The van der Waals surface area contributed by atoms with Gasteiger partial charge in [-0.1, -0.05) is 44.2 Å². The molecule has 0 saturated heterocycles. The van der Waals surface area contributed by atoms with Crippen LogP contribution in [0.5, 0.6) is 0 Å². The molecule has 0 amide bonds. The van der Waals surface area contributed by atoms with Gasteiger partial charge >= 0.3 is 5.97 Å². The molecule has 1 aromatic rings. The topological polar surface area (TPSA) is 52.6 Å². The van der Waals surface area contributed by atoms with Gasteiger partial charge in [0.05, 0.1) is 6.61 Å². The van der Waals surface area contributed by atoms with Crippen molar-refractivity contribution < 1.29 is 18.6 Å². The molecule has 0 fully saturated rings. The van der Waals surface area contributed by atoms with E-state index in [1.54, 1.807) is 6.92 Å². The second-order valence-corrected chi connectivity index (χ2v) is 7.67. The van der Waals surface area contributed by atoms with Crippen LogP contribution in [0.4, 0.5) is 0 Å². The smallest absolute Gasteiger partial charge is 0.319 e. The summed E-state index contributed by atoms with van der Waals surface area (Å²) in [6.45, 7) is 6.13. The first-order valence-electron chi connectivity index (χ1n) is 7.51. The minimum absolute atomic E-state index is 0.203. The van der Waals surface area contributed by atoms with E-state index >= 15 is 0 Å². The highest BCUT2D eigenvalue weighted by molar-refractivity contribution is 7.60. The molecular formula is C16H25O4P. The highest BCUT2D eigenvalue weighted by Gasteiger charge is 2.38. The summed E-state index contributed by atoms with van der Waals surface area (Å²) in [5.74, 6) is -0.424. The van der Waals surface area contributed by atoms with E-state index in [0.717, 1.165) is 12.0 Å². The van der Waals surface area contributed by atoms with Gasteiger partial charge in [-0.25, -0.2) is 0 Å².